The molecule has 0 saturated carbocycles. The van der Waals surface area contributed by atoms with Crippen LogP contribution in [0.25, 0.3) is 11.3 Å². The van der Waals surface area contributed by atoms with Gasteiger partial charge in [-0.25, -0.2) is 4.98 Å². The molecule has 6 heteroatoms. The van der Waals surface area contributed by atoms with E-state index in [-0.39, 0.29) is 5.56 Å². The second-order valence-electron chi connectivity index (χ2n) is 8.82. The fraction of sp³-hybridized carbons (Fsp3) is 0.308. The van der Waals surface area contributed by atoms with E-state index < -0.39 is 0 Å². The first-order valence-electron chi connectivity index (χ1n) is 10.9. The molecule has 0 aliphatic carbocycles. The lowest BCUT2D eigenvalue weighted by Crippen LogP contribution is -2.18. The molecule has 0 aliphatic rings. The number of hydrogen-bond acceptors (Lipinski definition) is 4. The number of nitrogens with zero attached hydrogens (tertiary/aromatic N) is 4. The molecule has 0 radical (unpaired) electrons. The number of pyridine rings is 2. The second kappa shape index (κ2) is 8.63. The molecule has 3 aromatic heterocycles. The van der Waals surface area contributed by atoms with Gasteiger partial charge in [0.1, 0.15) is 0 Å². The van der Waals surface area contributed by atoms with E-state index in [0.717, 1.165) is 40.5 Å². The molecule has 0 unspecified atom stereocenters. The molecule has 0 saturated heterocycles. The summed E-state index contributed by atoms with van der Waals surface area (Å²) < 4.78 is 3.80. The van der Waals surface area contributed by atoms with Crippen molar-refractivity contribution in [3.05, 3.63) is 92.8 Å². The Labute approximate surface area is 189 Å². The van der Waals surface area contributed by atoms with Crippen molar-refractivity contribution in [2.75, 3.05) is 19.4 Å². The molecule has 0 aliphatic heterocycles. The largest absolute Gasteiger partial charge is 0.378 e. The molecular weight excluding hydrogens is 398 g/mol. The smallest absolute Gasteiger partial charge is 0.255 e. The van der Waals surface area contributed by atoms with Crippen molar-refractivity contribution >= 4 is 11.3 Å². The minimum absolute atomic E-state index is 0.0453. The van der Waals surface area contributed by atoms with Crippen molar-refractivity contribution in [1.82, 2.24) is 18.9 Å². The Morgan fingerprint density at radius 3 is 2.41 bits per heavy atom. The molecule has 0 fully saturated rings. The summed E-state index contributed by atoms with van der Waals surface area (Å²) >= 11 is 0. The molecule has 0 amide bonds. The fourth-order valence-electron chi connectivity index (χ4n) is 4.15. The van der Waals surface area contributed by atoms with Gasteiger partial charge in [-0.1, -0.05) is 18.2 Å². The van der Waals surface area contributed by atoms with Gasteiger partial charge in [0.25, 0.3) is 5.56 Å². The molecule has 4 rings (SSSR count). The summed E-state index contributed by atoms with van der Waals surface area (Å²) in [6.45, 7) is 9.69. The zero-order valence-electron chi connectivity index (χ0n) is 19.7. The minimum Gasteiger partial charge on any atom is -0.378 e. The van der Waals surface area contributed by atoms with Gasteiger partial charge in [0.05, 0.1) is 22.8 Å². The first-order valence-corrected chi connectivity index (χ1v) is 10.9. The van der Waals surface area contributed by atoms with E-state index in [2.05, 4.69) is 46.7 Å². The lowest BCUT2D eigenvalue weighted by Gasteiger charge is -2.16. The van der Waals surface area contributed by atoms with Crippen LogP contribution >= 0.6 is 0 Å². The van der Waals surface area contributed by atoms with Crippen LogP contribution in [0.4, 0.5) is 5.69 Å². The zero-order chi connectivity index (χ0) is 23.0. The van der Waals surface area contributed by atoms with E-state index in [0.29, 0.717) is 6.54 Å². The minimum atomic E-state index is -0.0453. The number of fused-ring (bicyclic) bond motifs is 1. The van der Waals surface area contributed by atoms with E-state index in [1.54, 1.807) is 10.6 Å². The van der Waals surface area contributed by atoms with Crippen LogP contribution in [-0.2, 0) is 13.1 Å². The van der Waals surface area contributed by atoms with Gasteiger partial charge in [-0.05, 0) is 76.2 Å². The van der Waals surface area contributed by atoms with Gasteiger partial charge < -0.3 is 10.2 Å². The maximum Gasteiger partial charge on any atom is 0.255 e. The Balaban J connectivity index is 1.87. The van der Waals surface area contributed by atoms with E-state index in [1.807, 2.05) is 52.5 Å². The summed E-state index contributed by atoms with van der Waals surface area (Å²) in [6, 6.07) is 12.0. The first kappa shape index (κ1) is 21.8. The molecule has 1 N–H and O–H groups in total. The quantitative estimate of drug-likeness (QED) is 0.494. The number of benzene rings is 1. The highest BCUT2D eigenvalue weighted by Crippen LogP contribution is 2.26. The topological polar surface area (TPSA) is 54.6 Å². The standard InChI is InChI=1S/C26H31N5O/c1-17-10-11-30(25(32)12-17)21-13-23(27-14-22-18(2)8-7-9-19(22)3)26-28-20(4)24(16-29(5)6)31(26)15-21/h7-13,15,27H,14,16H2,1-6H3. The fourth-order valence-corrected chi connectivity index (χ4v) is 4.15. The average Bonchev–Trinajstić information content (AvgIpc) is 3.02. The molecular formula is C26H31N5O. The molecule has 4 aromatic rings. The third-order valence-corrected chi connectivity index (χ3v) is 5.92. The molecule has 0 atom stereocenters. The summed E-state index contributed by atoms with van der Waals surface area (Å²) in [6.07, 6.45) is 3.85. The SMILES string of the molecule is Cc1ccn(-c2cc(NCc3c(C)cccc3C)c3nc(C)c(CN(C)C)n3c2)c(=O)c1. The Morgan fingerprint density at radius 1 is 1.03 bits per heavy atom. The maximum atomic E-state index is 12.7. The summed E-state index contributed by atoms with van der Waals surface area (Å²) in [4.78, 5) is 19.7. The number of anilines is 1. The highest BCUT2D eigenvalue weighted by molar-refractivity contribution is 5.72. The Bertz CT molecular complexity index is 1330. The van der Waals surface area contributed by atoms with E-state index >= 15 is 0 Å². The van der Waals surface area contributed by atoms with Gasteiger partial charge in [0.15, 0.2) is 5.65 Å². The third kappa shape index (κ3) is 4.18. The van der Waals surface area contributed by atoms with Crippen molar-refractivity contribution in [2.24, 2.45) is 0 Å². The summed E-state index contributed by atoms with van der Waals surface area (Å²) in [5.74, 6) is 0. The van der Waals surface area contributed by atoms with Gasteiger partial charge in [-0.3, -0.25) is 13.8 Å². The Hall–Kier alpha value is -3.38. The lowest BCUT2D eigenvalue weighted by atomic mass is 10.0. The van der Waals surface area contributed by atoms with Crippen molar-refractivity contribution in [2.45, 2.75) is 40.8 Å². The van der Waals surface area contributed by atoms with Gasteiger partial charge in [-0.2, -0.15) is 0 Å². The normalized spacial score (nSPS) is 11.5. The number of nitrogens with one attached hydrogen (secondary N) is 1. The van der Waals surface area contributed by atoms with Crippen molar-refractivity contribution in [3.63, 3.8) is 0 Å². The van der Waals surface area contributed by atoms with E-state index in [9.17, 15) is 4.79 Å². The number of hydrogen-bond donors (Lipinski definition) is 1. The molecule has 0 spiro atoms. The second-order valence-corrected chi connectivity index (χ2v) is 8.82. The van der Waals surface area contributed by atoms with Crippen molar-refractivity contribution in [1.29, 1.82) is 0 Å². The number of rotatable bonds is 6. The summed E-state index contributed by atoms with van der Waals surface area (Å²) in [5.41, 5.74) is 9.39. The number of aromatic nitrogens is 3. The van der Waals surface area contributed by atoms with Crippen LogP contribution in [0.3, 0.4) is 0 Å². The van der Waals surface area contributed by atoms with Crippen molar-refractivity contribution < 1.29 is 0 Å². The molecule has 32 heavy (non-hydrogen) atoms. The highest BCUT2D eigenvalue weighted by atomic mass is 16.1. The highest BCUT2D eigenvalue weighted by Gasteiger charge is 2.16. The predicted octanol–water partition coefficient (Wildman–Crippen LogP) is 4.39. The molecule has 0 bridgehead atoms. The van der Waals surface area contributed by atoms with Crippen LogP contribution < -0.4 is 10.9 Å². The third-order valence-electron chi connectivity index (χ3n) is 5.92. The Morgan fingerprint density at radius 2 is 1.75 bits per heavy atom. The van der Waals surface area contributed by atoms with E-state index in [1.165, 1.54) is 16.7 Å². The van der Waals surface area contributed by atoms with Gasteiger partial charge in [0, 0.05) is 31.5 Å². The van der Waals surface area contributed by atoms with E-state index in [4.69, 9.17) is 4.98 Å². The predicted molar refractivity (Wildman–Crippen MR) is 131 cm³/mol. The lowest BCUT2D eigenvalue weighted by molar-refractivity contribution is 0.394. The molecule has 3 heterocycles. The monoisotopic (exact) mass is 429 g/mol. The van der Waals surface area contributed by atoms with Crippen molar-refractivity contribution in [3.8, 4) is 5.69 Å². The van der Waals surface area contributed by atoms with Gasteiger partial charge in [0.2, 0.25) is 0 Å². The maximum absolute atomic E-state index is 12.7. The van der Waals surface area contributed by atoms with Crippen LogP contribution in [0.2, 0.25) is 0 Å². The van der Waals surface area contributed by atoms with Crippen LogP contribution in [-0.4, -0.2) is 32.9 Å². The molecule has 1 aromatic carbocycles. The van der Waals surface area contributed by atoms with Crippen LogP contribution in [0.5, 0.6) is 0 Å². The van der Waals surface area contributed by atoms with Crippen LogP contribution in [0.1, 0.15) is 33.6 Å². The average molecular weight is 430 g/mol. The van der Waals surface area contributed by atoms with Gasteiger partial charge >= 0.3 is 0 Å². The summed E-state index contributed by atoms with van der Waals surface area (Å²) in [5, 5.41) is 3.61. The molecule has 166 valence electrons. The molecule has 6 nitrogen and oxygen atoms in total. The Kier molecular flexibility index (Phi) is 5.89. The summed E-state index contributed by atoms with van der Waals surface area (Å²) in [7, 11) is 4.10. The number of imidazole rings is 1. The van der Waals surface area contributed by atoms with Crippen LogP contribution in [0, 0.1) is 27.7 Å². The number of aryl methyl sites for hydroxylation is 4. The first-order chi connectivity index (χ1) is 15.2. The zero-order valence-corrected chi connectivity index (χ0v) is 19.7. The van der Waals surface area contributed by atoms with Crippen LogP contribution in [0.15, 0.2) is 53.6 Å². The van der Waals surface area contributed by atoms with Gasteiger partial charge in [-0.15, -0.1) is 0 Å².